The highest BCUT2D eigenvalue weighted by molar-refractivity contribution is 7.99. The molecule has 0 aliphatic carbocycles. The minimum Gasteiger partial charge on any atom is -0.465 e. The fourth-order valence-corrected chi connectivity index (χ4v) is 5.85. The number of anilines is 1. The highest BCUT2D eigenvalue weighted by Crippen LogP contribution is 2.34. The molecule has 12 heteroatoms. The quantitative estimate of drug-likeness (QED) is 0.337. The normalized spacial score (nSPS) is 10.8. The second-order valence-electron chi connectivity index (χ2n) is 6.79. The van der Waals surface area contributed by atoms with Crippen molar-refractivity contribution in [2.45, 2.75) is 38.9 Å². The van der Waals surface area contributed by atoms with E-state index in [9.17, 15) is 14.4 Å². The number of aryl methyl sites for hydroxylation is 1. The fraction of sp³-hybridized carbons (Fsp3) is 0.381. The Balaban J connectivity index is 1.76. The Kier molecular flexibility index (Phi) is 8.27. The van der Waals surface area contributed by atoms with Gasteiger partial charge in [-0.05, 0) is 31.9 Å². The van der Waals surface area contributed by atoms with E-state index >= 15 is 0 Å². The van der Waals surface area contributed by atoms with Crippen LogP contribution < -0.4 is 5.32 Å². The minimum absolute atomic E-state index is 0.0487. The molecule has 3 heterocycles. The van der Waals surface area contributed by atoms with Crippen molar-refractivity contribution in [2.24, 2.45) is 0 Å². The van der Waals surface area contributed by atoms with Crippen molar-refractivity contribution in [2.75, 3.05) is 25.3 Å². The van der Waals surface area contributed by atoms with E-state index in [1.54, 1.807) is 18.3 Å². The van der Waals surface area contributed by atoms with E-state index in [0.717, 1.165) is 29.1 Å². The van der Waals surface area contributed by atoms with Gasteiger partial charge in [0.1, 0.15) is 9.88 Å². The Bertz CT molecular complexity index is 1180. The zero-order chi connectivity index (χ0) is 24.1. The molecule has 0 radical (unpaired) electrons. The van der Waals surface area contributed by atoms with Crippen molar-refractivity contribution in [1.82, 2.24) is 14.8 Å². The summed E-state index contributed by atoms with van der Waals surface area (Å²) in [5.74, 6) is -0.757. The molecule has 0 aliphatic rings. The van der Waals surface area contributed by atoms with E-state index < -0.39 is 11.9 Å². The Morgan fingerprint density at radius 2 is 1.88 bits per heavy atom. The maximum atomic E-state index is 12.7. The Morgan fingerprint density at radius 3 is 2.48 bits per heavy atom. The van der Waals surface area contributed by atoms with Gasteiger partial charge in [0.25, 0.3) is 0 Å². The monoisotopic (exact) mass is 508 g/mol. The van der Waals surface area contributed by atoms with Gasteiger partial charge in [-0.2, -0.15) is 0 Å². The number of aromatic nitrogens is 3. The summed E-state index contributed by atoms with van der Waals surface area (Å²) in [6, 6.07) is 2.11. The fourth-order valence-electron chi connectivity index (χ4n) is 3.11. The summed E-state index contributed by atoms with van der Waals surface area (Å²) in [4.78, 5) is 38.4. The molecule has 0 aromatic carbocycles. The number of methoxy groups -OCH3 is 2. The molecule has 1 amide bonds. The molecule has 0 atom stereocenters. The lowest BCUT2D eigenvalue weighted by molar-refractivity contribution is -0.113. The van der Waals surface area contributed by atoms with Gasteiger partial charge < -0.3 is 19.4 Å². The molecule has 0 fully saturated rings. The number of thiophene rings is 2. The van der Waals surface area contributed by atoms with Gasteiger partial charge in [-0.3, -0.25) is 4.79 Å². The third kappa shape index (κ3) is 5.28. The first-order valence-corrected chi connectivity index (χ1v) is 12.8. The molecule has 33 heavy (non-hydrogen) atoms. The summed E-state index contributed by atoms with van der Waals surface area (Å²) in [6.07, 6.45) is 0.958. The van der Waals surface area contributed by atoms with Crippen LogP contribution in [0.4, 0.5) is 5.00 Å². The number of rotatable bonds is 9. The number of carbonyl (C=O) groups excluding carboxylic acids is 3. The van der Waals surface area contributed by atoms with E-state index in [1.165, 1.54) is 30.9 Å². The second kappa shape index (κ2) is 10.9. The van der Waals surface area contributed by atoms with Crippen LogP contribution in [0.2, 0.25) is 0 Å². The van der Waals surface area contributed by atoms with Crippen LogP contribution in [-0.4, -0.2) is 52.6 Å². The summed E-state index contributed by atoms with van der Waals surface area (Å²) >= 11 is 3.91. The predicted octanol–water partition coefficient (Wildman–Crippen LogP) is 4.26. The number of nitrogens with zero attached hydrogens (tertiary/aromatic N) is 3. The van der Waals surface area contributed by atoms with Crippen LogP contribution in [-0.2, 0) is 27.2 Å². The number of hydrogen-bond acceptors (Lipinski definition) is 10. The Morgan fingerprint density at radius 1 is 1.15 bits per heavy atom. The van der Waals surface area contributed by atoms with Crippen molar-refractivity contribution < 1.29 is 23.9 Å². The van der Waals surface area contributed by atoms with Gasteiger partial charge in [-0.15, -0.1) is 32.9 Å². The van der Waals surface area contributed by atoms with Crippen LogP contribution in [0.15, 0.2) is 16.6 Å². The molecule has 0 spiro atoms. The van der Waals surface area contributed by atoms with E-state index in [4.69, 9.17) is 9.47 Å². The highest BCUT2D eigenvalue weighted by Gasteiger charge is 2.27. The van der Waals surface area contributed by atoms with Crippen molar-refractivity contribution in [1.29, 1.82) is 0 Å². The van der Waals surface area contributed by atoms with E-state index in [-0.39, 0.29) is 27.1 Å². The first-order valence-electron chi connectivity index (χ1n) is 10.1. The second-order valence-corrected chi connectivity index (χ2v) is 9.74. The molecule has 0 bridgehead atoms. The molecule has 0 unspecified atom stereocenters. The molecule has 9 nitrogen and oxygen atoms in total. The summed E-state index contributed by atoms with van der Waals surface area (Å²) in [5, 5.41) is 14.2. The van der Waals surface area contributed by atoms with Crippen molar-refractivity contribution in [3.05, 3.63) is 32.3 Å². The van der Waals surface area contributed by atoms with Gasteiger partial charge in [-0.1, -0.05) is 18.7 Å². The van der Waals surface area contributed by atoms with Crippen LogP contribution in [0.3, 0.4) is 0 Å². The zero-order valence-electron chi connectivity index (χ0n) is 18.9. The Hall–Kier alpha value is -2.70. The maximum Gasteiger partial charge on any atom is 0.348 e. The maximum absolute atomic E-state index is 12.7. The average molecular weight is 509 g/mol. The van der Waals surface area contributed by atoms with Gasteiger partial charge in [0.05, 0.1) is 25.5 Å². The Labute approximate surface area is 203 Å². The molecule has 0 saturated heterocycles. The average Bonchev–Trinajstić information content (AvgIpc) is 3.53. The van der Waals surface area contributed by atoms with Crippen LogP contribution in [0.5, 0.6) is 0 Å². The van der Waals surface area contributed by atoms with Crippen molar-refractivity contribution >= 4 is 57.3 Å². The topological polar surface area (TPSA) is 112 Å². The predicted molar refractivity (Wildman–Crippen MR) is 129 cm³/mol. The first-order chi connectivity index (χ1) is 15.8. The summed E-state index contributed by atoms with van der Waals surface area (Å²) in [5.41, 5.74) is 1.55. The molecular weight excluding hydrogens is 484 g/mol. The van der Waals surface area contributed by atoms with Crippen LogP contribution in [0, 0.1) is 6.92 Å². The third-order valence-corrected chi connectivity index (χ3v) is 8.02. The number of carbonyl (C=O) groups is 3. The molecule has 3 rings (SSSR count). The van der Waals surface area contributed by atoms with Gasteiger partial charge in [0.15, 0.2) is 11.0 Å². The van der Waals surface area contributed by atoms with Gasteiger partial charge >= 0.3 is 11.9 Å². The van der Waals surface area contributed by atoms with Crippen molar-refractivity contribution in [3.63, 3.8) is 0 Å². The van der Waals surface area contributed by atoms with Crippen LogP contribution >= 0.6 is 34.4 Å². The smallest absolute Gasteiger partial charge is 0.348 e. The van der Waals surface area contributed by atoms with E-state index in [2.05, 4.69) is 33.9 Å². The van der Waals surface area contributed by atoms with Crippen LogP contribution in [0.1, 0.15) is 44.3 Å². The van der Waals surface area contributed by atoms with Gasteiger partial charge in [0.2, 0.25) is 5.91 Å². The summed E-state index contributed by atoms with van der Waals surface area (Å²) in [6.45, 7) is 6.37. The number of ether oxygens (including phenoxy) is 2. The number of thioether (sulfide) groups is 1. The molecule has 176 valence electrons. The molecular formula is C21H24N4O5S3. The summed E-state index contributed by atoms with van der Waals surface area (Å²) < 4.78 is 11.5. The number of amides is 1. The first kappa shape index (κ1) is 24.9. The lowest BCUT2D eigenvalue weighted by Crippen LogP contribution is -2.16. The van der Waals surface area contributed by atoms with E-state index in [1.807, 2.05) is 11.5 Å². The van der Waals surface area contributed by atoms with Crippen LogP contribution in [0.25, 0.3) is 11.4 Å². The summed E-state index contributed by atoms with van der Waals surface area (Å²) in [7, 11) is 2.50. The highest BCUT2D eigenvalue weighted by atomic mass is 32.2. The SMILES string of the molecule is CCc1cc(-c2nnc(SCC(=O)Nc3sc(C(=O)OC)c(C)c3C(=O)OC)n2CC)cs1. The van der Waals surface area contributed by atoms with Crippen molar-refractivity contribution in [3.8, 4) is 11.4 Å². The van der Waals surface area contributed by atoms with Gasteiger partial charge in [0, 0.05) is 22.4 Å². The number of esters is 2. The van der Waals surface area contributed by atoms with Gasteiger partial charge in [-0.25, -0.2) is 9.59 Å². The molecule has 0 aliphatic heterocycles. The zero-order valence-corrected chi connectivity index (χ0v) is 21.3. The molecule has 0 saturated carbocycles. The van der Waals surface area contributed by atoms with E-state index in [0.29, 0.717) is 17.3 Å². The lowest BCUT2D eigenvalue weighted by atomic mass is 10.1. The molecule has 1 N–H and O–H groups in total. The number of nitrogens with one attached hydrogen (secondary N) is 1. The molecule has 3 aromatic rings. The largest absolute Gasteiger partial charge is 0.465 e. The minimum atomic E-state index is -0.639. The lowest BCUT2D eigenvalue weighted by Gasteiger charge is -2.07. The molecule has 3 aromatic heterocycles. The third-order valence-electron chi connectivity index (χ3n) is 4.79. The number of hydrogen-bond donors (Lipinski definition) is 1. The standard InChI is InChI=1S/C21H24N4O5S3/c1-6-13-8-12(9-31-13)17-23-24-21(25(17)7-2)32-10-14(26)22-18-15(19(27)29-4)11(3)16(33-18)20(28)30-5/h8-9H,6-7,10H2,1-5H3,(H,22,26).